The van der Waals surface area contributed by atoms with Crippen molar-refractivity contribution in [2.45, 2.75) is 29.1 Å². The van der Waals surface area contributed by atoms with Gasteiger partial charge in [0, 0.05) is 151 Å². The highest BCUT2D eigenvalue weighted by Crippen LogP contribution is 2.60. The van der Waals surface area contributed by atoms with E-state index in [9.17, 15) is 0 Å². The number of ether oxygens (including phenoxy) is 1. The SMILES string of the molecule is CC1(C)c2ccccc2P(=S)(c2ccccc2)c2ccc(N(c3ccccc3)c3ccccc3)cc21.S=P1(c2ccccc2)c2ccccc2N(c2ccccc2)c2cc(N(c3ccccc3)c3ccccc3)ccc21.S=P1(c2ccccc2)c2ccccc2Oc2cc(N(c3ccccc3)c3ccccc3)ccc21.S=P1(c2ccccc2)c2ccccc2Sc2cc(N(c3ccccc3)c3ccccc3)ccc21. The maximum absolute atomic E-state index is 6.80. The van der Waals surface area contributed by atoms with Crippen LogP contribution in [0, 0.1) is 0 Å². The molecule has 0 bridgehead atoms. The molecule has 0 amide bonds. The van der Waals surface area contributed by atoms with E-state index in [1.165, 1.54) is 74.0 Å². The molecule has 15 heteroatoms. The molecule has 0 N–H and O–H groups in total. The minimum atomic E-state index is -2.32. The van der Waals surface area contributed by atoms with Crippen LogP contribution in [0.25, 0.3) is 0 Å². The molecule has 4 heterocycles. The van der Waals surface area contributed by atoms with Crippen molar-refractivity contribution in [2.24, 2.45) is 0 Å². The van der Waals surface area contributed by atoms with E-state index in [0.717, 1.165) is 107 Å². The number of para-hydroxylation sites is 11. The summed E-state index contributed by atoms with van der Waals surface area (Å²) in [5.41, 5.74) is 19.2. The quantitative estimate of drug-likeness (QED) is 0.0816. The molecule has 4 unspecified atom stereocenters. The van der Waals surface area contributed by atoms with Crippen molar-refractivity contribution in [1.82, 2.24) is 0 Å². The number of anilines is 15. The molecule has 25 rings (SSSR count). The van der Waals surface area contributed by atoms with Crippen LogP contribution in [-0.4, -0.2) is 0 Å². The Bertz CT molecular complexity index is 7980. The fraction of sp³-hybridized carbons (Fsp3) is 0.0233. The van der Waals surface area contributed by atoms with E-state index in [1.807, 2.05) is 42.1 Å². The van der Waals surface area contributed by atoms with Crippen LogP contribution >= 0.6 is 35.9 Å². The van der Waals surface area contributed by atoms with E-state index in [0.29, 0.717) is 0 Å². The zero-order valence-electron chi connectivity index (χ0n) is 79.2. The first-order valence-corrected chi connectivity index (χ1v) is 60.2. The van der Waals surface area contributed by atoms with Gasteiger partial charge in [-0.05, 0) is 237 Å². The highest BCUT2D eigenvalue weighted by atomic mass is 32.5. The van der Waals surface area contributed by atoms with Crippen LogP contribution in [-0.2, 0) is 52.6 Å². The summed E-state index contributed by atoms with van der Waals surface area (Å²) in [6.07, 6.45) is 0. The van der Waals surface area contributed by atoms with Gasteiger partial charge in [-0.1, -0.05) is 437 Å². The second-order valence-electron chi connectivity index (χ2n) is 35.9. The van der Waals surface area contributed by atoms with Gasteiger partial charge in [0.1, 0.15) is 11.5 Å². The molecule has 0 saturated carbocycles. The Morgan fingerprint density at radius 1 is 0.201 bits per heavy atom. The molecule has 6 nitrogen and oxygen atoms in total. The highest BCUT2D eigenvalue weighted by Gasteiger charge is 2.44. The van der Waals surface area contributed by atoms with Crippen molar-refractivity contribution in [3.63, 3.8) is 0 Å². The second-order valence-corrected chi connectivity index (χ2v) is 54.4. The van der Waals surface area contributed by atoms with Crippen molar-refractivity contribution in [3.05, 3.63) is 575 Å². The Labute approximate surface area is 869 Å². The third-order valence-electron chi connectivity index (χ3n) is 27.0. The van der Waals surface area contributed by atoms with Gasteiger partial charge in [-0.3, -0.25) is 0 Å². The van der Waals surface area contributed by atoms with Gasteiger partial charge in [0.05, 0.1) is 11.4 Å². The van der Waals surface area contributed by atoms with Crippen molar-refractivity contribution in [1.29, 1.82) is 0 Å². The minimum absolute atomic E-state index is 0.169. The number of hydrogen-bond donors (Lipinski definition) is 0. The number of hydrogen-bond acceptors (Lipinski definition) is 11. The van der Waals surface area contributed by atoms with Gasteiger partial charge in [0.2, 0.25) is 0 Å². The first-order chi connectivity index (χ1) is 70.8. The zero-order valence-corrected chi connectivity index (χ0v) is 86.8. The van der Waals surface area contributed by atoms with Gasteiger partial charge >= 0.3 is 0 Å². The fourth-order valence-electron chi connectivity index (χ4n) is 20.3. The maximum Gasteiger partial charge on any atom is 0.138 e. The summed E-state index contributed by atoms with van der Waals surface area (Å²) in [5, 5.41) is 14.7. The van der Waals surface area contributed by atoms with Crippen LogP contribution in [0.5, 0.6) is 11.5 Å². The Morgan fingerprint density at radius 2 is 0.465 bits per heavy atom. The lowest BCUT2D eigenvalue weighted by atomic mass is 9.77. The summed E-state index contributed by atoms with van der Waals surface area (Å²) in [7, 11) is 0. The lowest BCUT2D eigenvalue weighted by molar-refractivity contribution is 0.488. The summed E-state index contributed by atoms with van der Waals surface area (Å²) in [5.74, 6) is 1.69. The molecule has 0 radical (unpaired) electrons. The molecule has 4 aliphatic rings. The molecular formula is C129H99N5OP4S5. The average molecular weight is 2020 g/mol. The molecule has 0 aromatic heterocycles. The van der Waals surface area contributed by atoms with Crippen LogP contribution in [0.2, 0.25) is 0 Å². The van der Waals surface area contributed by atoms with Crippen molar-refractivity contribution in [3.8, 4) is 11.5 Å². The van der Waals surface area contributed by atoms with Gasteiger partial charge in [-0.15, -0.1) is 0 Å². The predicted octanol–water partition coefficient (Wildman–Crippen LogP) is 30.6. The normalized spacial score (nSPS) is 16.4. The van der Waals surface area contributed by atoms with Crippen molar-refractivity contribution >= 4 is 232 Å². The Balaban J connectivity index is 0.000000110. The van der Waals surface area contributed by atoms with Crippen LogP contribution in [0.3, 0.4) is 0 Å². The van der Waals surface area contributed by atoms with E-state index in [4.69, 9.17) is 52.0 Å². The standard InChI is InChI=1S/C36H27N2PS.C33H28NPS.C30H22NOPS.C30H22NPS2/c40-39(32-21-11-4-12-22-32)35-24-14-13-23-33(35)38(30-19-9-3-10-20-30)34-27-31(25-26-36(34)39)37(28-15-5-1-6-16-28)29-17-7-2-8-18-29;1-33(2)29-20-12-13-21-31(29)35(36,28-18-10-5-11-19-28)32-23-22-27(24-30(32)33)34(25-14-6-3-7-15-25)26-16-8-4-9-17-26;34-33(26-16-8-3-9-17-26)29-19-11-10-18-27(29)32-28-22-25(20-21-30(28)33)31(23-12-4-1-5-13-23)24-14-6-2-7-15-24;33-32(26-16-8-3-9-17-26)27-18-10-11-19-29(27)34-30-22-25(20-21-28(30)32)31(23-12-4-1-5-13-23)24-14-6-2-7-15-24/h1-27H;3-24H,1-2H3;2*1-22H. The molecule has 4 aliphatic heterocycles. The van der Waals surface area contributed by atoms with E-state index in [-0.39, 0.29) is 5.41 Å². The summed E-state index contributed by atoms with van der Waals surface area (Å²) >= 11 is 28.5. The third-order valence-corrected chi connectivity index (χ3v) is 48.2. The Kier molecular flexibility index (Phi) is 27.1. The van der Waals surface area contributed by atoms with Gasteiger partial charge in [0.25, 0.3) is 0 Å². The topological polar surface area (TPSA) is 25.4 Å². The van der Waals surface area contributed by atoms with Crippen molar-refractivity contribution < 1.29 is 4.74 Å². The minimum Gasteiger partial charge on any atom is -0.456 e. The molecule has 0 fully saturated rings. The van der Waals surface area contributed by atoms with E-state index in [1.54, 1.807) is 0 Å². The van der Waals surface area contributed by atoms with Gasteiger partial charge in [-0.25, -0.2) is 0 Å². The lowest BCUT2D eigenvalue weighted by Gasteiger charge is -2.42. The number of rotatable bonds is 17. The predicted molar refractivity (Wildman–Crippen MR) is 633 cm³/mol. The van der Waals surface area contributed by atoms with Gasteiger partial charge in [0.15, 0.2) is 0 Å². The molecule has 0 spiro atoms. The third kappa shape index (κ3) is 17.9. The molecule has 0 aliphatic carbocycles. The van der Waals surface area contributed by atoms with Crippen LogP contribution in [0.15, 0.2) is 574 Å². The maximum atomic E-state index is 6.80. The molecule has 144 heavy (non-hydrogen) atoms. The van der Waals surface area contributed by atoms with E-state index < -0.39 is 24.2 Å². The summed E-state index contributed by atoms with van der Waals surface area (Å²) < 4.78 is 6.49. The van der Waals surface area contributed by atoms with Crippen LogP contribution < -0.4 is 92.9 Å². The molecule has 0 saturated heterocycles. The summed E-state index contributed by atoms with van der Waals surface area (Å²) in [4.78, 5) is 14.1. The highest BCUT2D eigenvalue weighted by molar-refractivity contribution is 8.27. The molecule has 21 aromatic rings. The summed E-state index contributed by atoms with van der Waals surface area (Å²) in [6.45, 7) is 4.68. The smallest absolute Gasteiger partial charge is 0.138 e. The molecule has 4 atom stereocenters. The van der Waals surface area contributed by atoms with Crippen molar-refractivity contribution in [2.75, 3.05) is 24.5 Å². The summed E-state index contributed by atoms with van der Waals surface area (Å²) in [6, 6.07) is 190. The van der Waals surface area contributed by atoms with Gasteiger partial charge in [-0.2, -0.15) is 0 Å². The molecule has 696 valence electrons. The fourth-order valence-corrected chi connectivity index (χ4v) is 39.7. The average Bonchev–Trinajstić information content (AvgIpc) is 0.718. The Hall–Kier alpha value is -14.6. The number of nitrogens with zero attached hydrogens (tertiary/aromatic N) is 5. The van der Waals surface area contributed by atoms with E-state index >= 15 is 0 Å². The number of fused-ring (bicyclic) bond motifs is 8. The molecule has 21 aromatic carbocycles. The number of benzene rings is 21. The first kappa shape index (κ1) is 94.3. The van der Waals surface area contributed by atoms with Crippen LogP contribution in [0.4, 0.5) is 85.3 Å². The lowest BCUT2D eigenvalue weighted by Crippen LogP contribution is -2.42. The first-order valence-electron chi connectivity index (χ1n) is 48.2. The van der Waals surface area contributed by atoms with Gasteiger partial charge < -0.3 is 29.2 Å². The zero-order chi connectivity index (χ0) is 97.6. The molecular weight excluding hydrogens is 1920 g/mol. The monoisotopic (exact) mass is 2020 g/mol. The second kappa shape index (κ2) is 41.4. The van der Waals surface area contributed by atoms with Crippen LogP contribution in [0.1, 0.15) is 25.0 Å². The van der Waals surface area contributed by atoms with E-state index in [2.05, 4.69) is 572 Å². The Morgan fingerprint density at radius 3 is 0.889 bits per heavy atom. The largest absolute Gasteiger partial charge is 0.456 e.